The fourth-order valence-electron chi connectivity index (χ4n) is 1.17. The third-order valence-electron chi connectivity index (χ3n) is 2.31. The highest BCUT2D eigenvalue weighted by Crippen LogP contribution is 2.00. The minimum absolute atomic E-state index is 0.0248. The number of hydrogen-bond acceptors (Lipinski definition) is 4. The molecule has 1 atom stereocenters. The first-order chi connectivity index (χ1) is 8.68. The SMILES string of the molecule is CC(=O)N[C@@H](CC(=O)O)C(=O)OCC[N+](C)(C)CF. The molecule has 2 N–H and O–H groups in total. The monoisotopic (exact) mass is 279 g/mol. The first kappa shape index (κ1) is 17.3. The van der Waals surface area contributed by atoms with Gasteiger partial charge in [-0.1, -0.05) is 0 Å². The summed E-state index contributed by atoms with van der Waals surface area (Å²) in [5.74, 6) is -2.59. The molecule has 0 spiro atoms. The number of nitrogens with zero attached hydrogens (tertiary/aromatic N) is 1. The number of ether oxygens (including phenoxy) is 1. The van der Waals surface area contributed by atoms with E-state index in [1.54, 1.807) is 14.1 Å². The number of amides is 1. The maximum absolute atomic E-state index is 12.5. The second-order valence-electron chi connectivity index (χ2n) is 4.80. The molecule has 0 bridgehead atoms. The molecule has 0 radical (unpaired) electrons. The lowest BCUT2D eigenvalue weighted by Crippen LogP contribution is -2.45. The summed E-state index contributed by atoms with van der Waals surface area (Å²) in [5.41, 5.74) is 0. The number of carboxylic acid groups (broad SMARTS) is 1. The van der Waals surface area contributed by atoms with Gasteiger partial charge in [0.2, 0.25) is 12.7 Å². The first-order valence-corrected chi connectivity index (χ1v) is 5.71. The normalized spacial score (nSPS) is 12.6. The van der Waals surface area contributed by atoms with Crippen LogP contribution in [0.15, 0.2) is 0 Å². The second-order valence-corrected chi connectivity index (χ2v) is 4.80. The molecule has 110 valence electrons. The van der Waals surface area contributed by atoms with E-state index in [9.17, 15) is 18.8 Å². The number of quaternary nitrogens is 1. The standard InChI is InChI=1S/C11H19FN2O5/c1-8(15)13-9(6-10(16)17)11(18)19-5-4-14(2,3)7-12/h9H,4-7H2,1-3H3,(H-,13,15,16,17)/p+1/t9-/m0/s1. The van der Waals surface area contributed by atoms with E-state index in [-0.39, 0.29) is 17.6 Å². The van der Waals surface area contributed by atoms with E-state index in [1.807, 2.05) is 0 Å². The van der Waals surface area contributed by atoms with E-state index in [0.29, 0.717) is 0 Å². The Kier molecular flexibility index (Phi) is 6.99. The van der Waals surface area contributed by atoms with Crippen LogP contribution in [-0.2, 0) is 19.1 Å². The van der Waals surface area contributed by atoms with E-state index in [1.165, 1.54) is 6.92 Å². The molecule has 0 aliphatic heterocycles. The summed E-state index contributed by atoms with van der Waals surface area (Å²) < 4.78 is 17.4. The van der Waals surface area contributed by atoms with Gasteiger partial charge in [-0.3, -0.25) is 14.1 Å². The molecule has 0 aromatic rings. The number of hydrogen-bond donors (Lipinski definition) is 2. The molecule has 0 aromatic carbocycles. The predicted molar refractivity (Wildman–Crippen MR) is 63.8 cm³/mol. The van der Waals surface area contributed by atoms with Gasteiger partial charge >= 0.3 is 11.9 Å². The minimum Gasteiger partial charge on any atom is -0.481 e. The largest absolute Gasteiger partial charge is 0.481 e. The third-order valence-corrected chi connectivity index (χ3v) is 2.31. The number of nitrogens with one attached hydrogen (secondary N) is 1. The van der Waals surface area contributed by atoms with Crippen molar-refractivity contribution in [1.29, 1.82) is 0 Å². The number of likely N-dealkylation sites (N-methyl/N-ethyl adjacent to an activating group) is 1. The van der Waals surface area contributed by atoms with Crippen molar-refractivity contribution in [2.75, 3.05) is 34.0 Å². The molecule has 0 fully saturated rings. The van der Waals surface area contributed by atoms with Crippen LogP contribution in [0.25, 0.3) is 0 Å². The van der Waals surface area contributed by atoms with Crippen molar-refractivity contribution < 1.29 is 33.1 Å². The van der Waals surface area contributed by atoms with Gasteiger partial charge in [0.1, 0.15) is 19.2 Å². The molecule has 0 unspecified atom stereocenters. The summed E-state index contributed by atoms with van der Waals surface area (Å²) in [6, 6.07) is -1.23. The van der Waals surface area contributed by atoms with Crippen LogP contribution in [0.2, 0.25) is 0 Å². The lowest BCUT2D eigenvalue weighted by atomic mass is 10.2. The predicted octanol–water partition coefficient (Wildman–Crippen LogP) is -0.488. The average molecular weight is 279 g/mol. The Labute approximate surface area is 110 Å². The Hall–Kier alpha value is -1.70. The third kappa shape index (κ3) is 8.09. The quantitative estimate of drug-likeness (QED) is 0.355. The average Bonchev–Trinajstić information content (AvgIpc) is 2.26. The van der Waals surface area contributed by atoms with Gasteiger partial charge in [0.25, 0.3) is 0 Å². The molecule has 0 aliphatic rings. The zero-order valence-electron chi connectivity index (χ0n) is 11.3. The summed E-state index contributed by atoms with van der Waals surface area (Å²) in [6.45, 7) is 0.764. The molecule has 0 saturated heterocycles. The zero-order chi connectivity index (χ0) is 15.1. The molecular weight excluding hydrogens is 259 g/mol. The Morgan fingerprint density at radius 3 is 2.37 bits per heavy atom. The van der Waals surface area contributed by atoms with E-state index < -0.39 is 37.1 Å². The Morgan fingerprint density at radius 2 is 1.95 bits per heavy atom. The minimum atomic E-state index is -1.23. The molecule has 1 amide bonds. The van der Waals surface area contributed by atoms with Crippen molar-refractivity contribution in [1.82, 2.24) is 5.32 Å². The highest BCUT2D eigenvalue weighted by molar-refractivity contribution is 5.86. The smallest absolute Gasteiger partial charge is 0.329 e. The fourth-order valence-corrected chi connectivity index (χ4v) is 1.17. The maximum Gasteiger partial charge on any atom is 0.329 e. The molecule has 0 rings (SSSR count). The van der Waals surface area contributed by atoms with Crippen molar-refractivity contribution in [2.45, 2.75) is 19.4 Å². The summed E-state index contributed by atoms with van der Waals surface area (Å²) in [4.78, 5) is 33.0. The molecule has 19 heavy (non-hydrogen) atoms. The number of rotatable bonds is 8. The number of carbonyl (C=O) groups is 3. The molecule has 0 aromatic heterocycles. The summed E-state index contributed by atoms with van der Waals surface area (Å²) in [7, 11) is 3.24. The number of halogens is 1. The van der Waals surface area contributed by atoms with E-state index in [4.69, 9.17) is 9.84 Å². The molecule has 0 heterocycles. The van der Waals surface area contributed by atoms with Crippen LogP contribution in [0.5, 0.6) is 0 Å². The fraction of sp³-hybridized carbons (Fsp3) is 0.727. The van der Waals surface area contributed by atoms with Crippen LogP contribution in [0.3, 0.4) is 0 Å². The van der Waals surface area contributed by atoms with Crippen molar-refractivity contribution in [3.05, 3.63) is 0 Å². The van der Waals surface area contributed by atoms with Crippen molar-refractivity contribution >= 4 is 17.8 Å². The Balaban J connectivity index is 4.32. The Morgan fingerprint density at radius 1 is 1.37 bits per heavy atom. The van der Waals surface area contributed by atoms with Gasteiger partial charge in [-0.05, 0) is 0 Å². The lowest BCUT2D eigenvalue weighted by Gasteiger charge is -2.25. The van der Waals surface area contributed by atoms with E-state index >= 15 is 0 Å². The summed E-state index contributed by atoms with van der Waals surface area (Å²) in [5, 5.41) is 10.8. The van der Waals surface area contributed by atoms with E-state index in [2.05, 4.69) is 5.32 Å². The molecule has 0 aliphatic carbocycles. The van der Waals surface area contributed by atoms with Crippen LogP contribution in [0.1, 0.15) is 13.3 Å². The highest BCUT2D eigenvalue weighted by atomic mass is 19.1. The van der Waals surface area contributed by atoms with Gasteiger partial charge in [0.05, 0.1) is 20.5 Å². The van der Waals surface area contributed by atoms with Gasteiger partial charge in [0, 0.05) is 6.92 Å². The Bertz CT molecular complexity index is 330. The topological polar surface area (TPSA) is 92.7 Å². The van der Waals surface area contributed by atoms with Gasteiger partial charge < -0.3 is 15.2 Å². The number of carboxylic acids is 1. The summed E-state index contributed by atoms with van der Waals surface area (Å²) >= 11 is 0. The zero-order valence-corrected chi connectivity index (χ0v) is 11.3. The molecular formula is C11H20FN2O5+. The summed E-state index contributed by atoms with van der Waals surface area (Å²) in [6.07, 6.45) is -0.556. The highest BCUT2D eigenvalue weighted by Gasteiger charge is 2.25. The van der Waals surface area contributed by atoms with Crippen molar-refractivity contribution in [2.24, 2.45) is 0 Å². The van der Waals surface area contributed by atoms with Crippen LogP contribution >= 0.6 is 0 Å². The molecule has 8 heteroatoms. The maximum atomic E-state index is 12.5. The van der Waals surface area contributed by atoms with Crippen molar-refractivity contribution in [3.8, 4) is 0 Å². The van der Waals surface area contributed by atoms with Crippen LogP contribution < -0.4 is 5.32 Å². The second kappa shape index (κ2) is 7.67. The lowest BCUT2D eigenvalue weighted by molar-refractivity contribution is -0.902. The number of aliphatic carboxylic acids is 1. The number of carbonyl (C=O) groups excluding carboxylic acids is 2. The van der Waals surface area contributed by atoms with Gasteiger partial charge in [-0.2, -0.15) is 4.39 Å². The van der Waals surface area contributed by atoms with Crippen LogP contribution in [-0.4, -0.2) is 67.5 Å². The number of alkyl halides is 1. The van der Waals surface area contributed by atoms with Gasteiger partial charge in [0.15, 0.2) is 0 Å². The number of esters is 1. The first-order valence-electron chi connectivity index (χ1n) is 5.71. The van der Waals surface area contributed by atoms with Crippen molar-refractivity contribution in [3.63, 3.8) is 0 Å². The van der Waals surface area contributed by atoms with Gasteiger partial charge in [-0.15, -0.1) is 0 Å². The molecule has 7 nitrogen and oxygen atoms in total. The van der Waals surface area contributed by atoms with Crippen LogP contribution in [0.4, 0.5) is 4.39 Å². The van der Waals surface area contributed by atoms with Crippen LogP contribution in [0, 0.1) is 0 Å². The molecule has 0 saturated carbocycles. The van der Waals surface area contributed by atoms with E-state index in [0.717, 1.165) is 0 Å². The van der Waals surface area contributed by atoms with Gasteiger partial charge in [-0.25, -0.2) is 4.79 Å².